The van der Waals surface area contributed by atoms with Crippen LogP contribution in [0, 0.1) is 0 Å². The van der Waals surface area contributed by atoms with Crippen LogP contribution in [-0.2, 0) is 52.7 Å². The molecule has 11 rings (SSSR count). The number of pyridine rings is 1. The minimum absolute atomic E-state index is 0.00174. The van der Waals surface area contributed by atoms with Gasteiger partial charge in [-0.15, -0.1) is 81.1 Å². The van der Waals surface area contributed by atoms with E-state index in [0.29, 0.717) is 60.4 Å². The predicted octanol–water partition coefficient (Wildman–Crippen LogP) is 0.136. The zero-order valence-electron chi connectivity index (χ0n) is 52.6. The summed E-state index contributed by atoms with van der Waals surface area (Å²) in [5.74, 6) is -11.8. The number of carbonyl (C=O) groups is 12. The molecule has 10 unspecified atom stereocenters. The molecule has 32 nitrogen and oxygen atoms in total. The van der Waals surface area contributed by atoms with Gasteiger partial charge in [-0.25, -0.2) is 24.7 Å². The molecule has 0 radical (unpaired) electrons. The first kappa shape index (κ1) is 72.0. The van der Waals surface area contributed by atoms with Gasteiger partial charge in [0.1, 0.15) is 89.8 Å². The van der Waals surface area contributed by atoms with Crippen LogP contribution in [0.5, 0.6) is 0 Å². The number of thiazole rings is 3. The second kappa shape index (κ2) is 31.0. The van der Waals surface area contributed by atoms with Crippen molar-refractivity contribution in [2.45, 2.75) is 113 Å². The number of carbonyl (C=O) groups excluding carboxylic acids is 11. The number of amides is 11. The molecule has 1 saturated heterocycles. The minimum atomic E-state index is -2.35. The minimum Gasteiger partial charge on any atom is -0.480 e. The van der Waals surface area contributed by atoms with Crippen molar-refractivity contribution >= 4 is 173 Å². The maximum absolute atomic E-state index is 14.8. The summed E-state index contributed by atoms with van der Waals surface area (Å²) in [6.07, 6.45) is 0.722. The Balaban J connectivity index is 1.05. The lowest BCUT2D eigenvalue weighted by Gasteiger charge is -2.32. The quantitative estimate of drug-likeness (QED) is 0.121. The summed E-state index contributed by atoms with van der Waals surface area (Å²) in [4.78, 5) is 200. The number of hydrogen-bond donors (Lipinski definition) is 12. The zero-order valence-corrected chi connectivity index (χ0v) is 58.3. The van der Waals surface area contributed by atoms with Crippen LogP contribution in [0.25, 0.3) is 27.1 Å². The van der Waals surface area contributed by atoms with Gasteiger partial charge in [0.15, 0.2) is 4.87 Å². The van der Waals surface area contributed by atoms with Gasteiger partial charge < -0.3 is 68.7 Å². The highest BCUT2D eigenvalue weighted by molar-refractivity contribution is 8.15. The van der Waals surface area contributed by atoms with E-state index in [1.54, 1.807) is 23.1 Å². The molecule has 4 aromatic heterocycles. The molecule has 0 saturated carbocycles. The summed E-state index contributed by atoms with van der Waals surface area (Å²) in [6.45, 7) is 9.91. The van der Waals surface area contributed by atoms with Crippen molar-refractivity contribution in [3.8, 4) is 21.4 Å². The van der Waals surface area contributed by atoms with E-state index in [1.165, 1.54) is 101 Å². The topological polar surface area (TPSA) is 471 Å². The van der Waals surface area contributed by atoms with Crippen LogP contribution in [0.15, 0.2) is 73.4 Å². The van der Waals surface area contributed by atoms with Gasteiger partial charge in [0.2, 0.25) is 41.4 Å². The maximum Gasteiger partial charge on any atom is 0.327 e. The Hall–Kier alpha value is -8.73. The monoisotopic (exact) mass is 1470 g/mol. The second-order valence-corrected chi connectivity index (χ2v) is 29.7. The number of aliphatic hydroxyl groups is 1. The summed E-state index contributed by atoms with van der Waals surface area (Å²) < 4.78 is 0. The molecule has 516 valence electrons. The van der Waals surface area contributed by atoms with Gasteiger partial charge >= 0.3 is 5.97 Å². The van der Waals surface area contributed by atoms with Crippen molar-refractivity contribution in [3.05, 3.63) is 86.1 Å². The van der Waals surface area contributed by atoms with Crippen LogP contribution in [0.2, 0.25) is 0 Å². The molecule has 7 aliphatic heterocycles. The van der Waals surface area contributed by atoms with E-state index >= 15 is 0 Å². The Bertz CT molecular complexity index is 4150. The SMILES string of the molecule is C=C1NC(=O)C2CSC(=N2)c2csc(n2)-c2ccc3c(n2)C(C)NC(=O)C2CCCN2C(=O)/C(=C/C)NC(=O)CNC(=O)C(C(C)O)NC(=O)C(C)(NC(=O)/C(=C/C)NC(=O)C2CSC(=N2)C(CC(N)=O)NC3=O)SCC(C(=O)O)NC(=O)C2CSC(=N2)c2csc(n2)-c2csc1n2. The van der Waals surface area contributed by atoms with Crippen molar-refractivity contribution < 1.29 is 67.7 Å². The number of rotatable bonds is 4. The molecule has 11 amide bonds. The lowest BCUT2D eigenvalue weighted by atomic mass is 10.0. The molecule has 0 spiro atoms. The van der Waals surface area contributed by atoms with Crippen molar-refractivity contribution in [3.63, 3.8) is 0 Å². The number of primary amides is 1. The van der Waals surface area contributed by atoms with E-state index < -0.39 is 155 Å². The van der Waals surface area contributed by atoms with Gasteiger partial charge in [-0.1, -0.05) is 18.7 Å². The fraction of sp³-hybridized carbons (Fsp3) is 0.407. The molecular weight excluding hydrogens is 1410 g/mol. The van der Waals surface area contributed by atoms with Crippen molar-refractivity contribution in [1.82, 2.24) is 72.7 Å². The number of carboxylic acid groups (broad SMARTS) is 1. The van der Waals surface area contributed by atoms with Crippen LogP contribution in [0.3, 0.4) is 0 Å². The molecule has 16 bridgehead atoms. The van der Waals surface area contributed by atoms with E-state index in [4.69, 9.17) is 25.7 Å². The van der Waals surface area contributed by atoms with Gasteiger partial charge in [0.25, 0.3) is 23.6 Å². The van der Waals surface area contributed by atoms with E-state index in [0.717, 1.165) is 25.6 Å². The molecule has 4 aromatic rings. The number of nitrogens with two attached hydrogens (primary N) is 1. The van der Waals surface area contributed by atoms with Crippen LogP contribution < -0.4 is 53.6 Å². The van der Waals surface area contributed by atoms with Crippen molar-refractivity contribution in [2.75, 3.05) is 36.1 Å². The third-order valence-electron chi connectivity index (χ3n) is 15.6. The Morgan fingerprint density at radius 2 is 1.33 bits per heavy atom. The molecule has 13 N–H and O–H groups in total. The lowest BCUT2D eigenvalue weighted by molar-refractivity contribution is -0.141. The van der Waals surface area contributed by atoms with Gasteiger partial charge in [-0.2, -0.15) is 0 Å². The number of aliphatic hydroxyl groups excluding tert-OH is 1. The first-order valence-corrected chi connectivity index (χ1v) is 36.7. The second-order valence-electron chi connectivity index (χ2n) is 22.7. The standard InChI is InChI=1S/C59H64N18O14S7/c1-7-27-47(85)76-59(6)58(91)75-42(25(5)78)49(87)61-15-40(80)64-28(8-2)56(88)77-13-9-10-38(77)48(86)62-23(3)41-26(43(81)67-30(14-39(60)79)52-69-32(17-93-52)45(83)66-27)11-12-29(65-41)51-73-35(20-96-51)53-70-31(16-94-53)44(82)63-24(4)50-72-34(19-92-50)55-74-36(21-97-55)54-71-33(18-95-54)46(84)68-37(22-98-59)57(89)90/h7-8,11-12,19-21,23,25,30-33,37-38,42,78H,4,9-10,13-18,22H2,1-3,5-6H3,(H2,60,79)(H,61,87)(H,62,86)(H,63,82)(H,64,80)(H,66,83)(H,67,81)(H,68,84)(H,75,91)(H,76,85)(H,89,90)/b27-7-,28-8-. The number of nitrogens with zero attached hydrogens (tertiary/aromatic N) is 8. The van der Waals surface area contributed by atoms with Crippen LogP contribution in [0.1, 0.15) is 92.4 Å². The summed E-state index contributed by atoms with van der Waals surface area (Å²) in [5, 5.41) is 51.8. The Labute approximate surface area is 586 Å². The van der Waals surface area contributed by atoms with E-state index in [2.05, 4.69) is 69.4 Å². The third kappa shape index (κ3) is 16.5. The molecule has 1 fully saturated rings. The Morgan fingerprint density at radius 1 is 0.714 bits per heavy atom. The maximum atomic E-state index is 14.8. The highest BCUT2D eigenvalue weighted by Crippen LogP contribution is 2.35. The Morgan fingerprint density at radius 3 is 1.98 bits per heavy atom. The largest absolute Gasteiger partial charge is 0.480 e. The van der Waals surface area contributed by atoms with E-state index in [9.17, 15) is 67.7 Å². The number of aliphatic imine (C=N–C) groups is 3. The smallest absolute Gasteiger partial charge is 0.327 e. The van der Waals surface area contributed by atoms with Crippen molar-refractivity contribution in [1.29, 1.82) is 0 Å². The average molecular weight is 1470 g/mol. The number of allylic oxidation sites excluding steroid dienone is 2. The molecule has 7 aliphatic rings. The first-order chi connectivity index (χ1) is 46.7. The molecule has 11 heterocycles. The van der Waals surface area contributed by atoms with Crippen LogP contribution in [0.4, 0.5) is 0 Å². The first-order valence-electron chi connectivity index (χ1n) is 30.1. The van der Waals surface area contributed by atoms with Gasteiger partial charge in [0, 0.05) is 45.7 Å². The molecule has 98 heavy (non-hydrogen) atoms. The van der Waals surface area contributed by atoms with Crippen molar-refractivity contribution in [2.24, 2.45) is 20.7 Å². The van der Waals surface area contributed by atoms with Crippen LogP contribution in [-0.4, -0.2) is 210 Å². The van der Waals surface area contributed by atoms with Gasteiger partial charge in [-0.05, 0) is 59.6 Å². The normalized spacial score (nSPS) is 27.1. The average Bonchev–Trinajstić information content (AvgIpc) is 1.76. The summed E-state index contributed by atoms with van der Waals surface area (Å²) in [7, 11) is 0. The highest BCUT2D eigenvalue weighted by atomic mass is 32.2. The molecular formula is C59H64N18O14S7. The number of nitrogens with one attached hydrogen (secondary N) is 9. The number of thioether (sulfide) groups is 4. The number of fused-ring (bicyclic) bond motifs is 8. The van der Waals surface area contributed by atoms with Gasteiger partial charge in [-0.3, -0.25) is 67.7 Å². The fourth-order valence-corrected chi connectivity index (χ4v) is 17.0. The number of carboxylic acids is 1. The molecule has 0 aromatic carbocycles. The predicted molar refractivity (Wildman–Crippen MR) is 370 cm³/mol. The fourth-order valence-electron chi connectivity index (χ4n) is 10.4. The van der Waals surface area contributed by atoms with E-state index in [1.807, 2.05) is 0 Å². The summed E-state index contributed by atoms with van der Waals surface area (Å²) >= 11 is 7.56. The molecule has 10 atom stereocenters. The number of hydrogen-bond acceptors (Lipinski definition) is 27. The number of aliphatic carboxylic acids is 1. The lowest BCUT2D eigenvalue weighted by Crippen LogP contribution is -2.62. The zero-order chi connectivity index (χ0) is 70.4. The van der Waals surface area contributed by atoms with Gasteiger partial charge in [0.05, 0.1) is 58.8 Å². The van der Waals surface area contributed by atoms with Crippen LogP contribution >= 0.6 is 81.1 Å². The third-order valence-corrected chi connectivity index (χ3v) is 22.9. The Kier molecular flexibility index (Phi) is 22.8. The summed E-state index contributed by atoms with van der Waals surface area (Å²) in [5.41, 5.74) is 6.62. The molecule has 0 aliphatic carbocycles. The highest BCUT2D eigenvalue weighted by Gasteiger charge is 2.44. The molecule has 39 heteroatoms. The van der Waals surface area contributed by atoms with E-state index in [-0.39, 0.29) is 63.6 Å². The summed E-state index contributed by atoms with van der Waals surface area (Å²) in [6, 6.07) is -7.50. The number of aromatic nitrogens is 4.